The Labute approximate surface area is 215 Å². The Morgan fingerprint density at radius 2 is 1.77 bits per heavy atom. The van der Waals surface area contributed by atoms with Crippen LogP contribution in [0.25, 0.3) is 0 Å². The number of thiol groups is 1. The maximum Gasteiger partial charge on any atom is 0.254 e. The molecule has 1 aromatic carbocycles. The van der Waals surface area contributed by atoms with Crippen molar-refractivity contribution in [3.8, 4) is 0 Å². The summed E-state index contributed by atoms with van der Waals surface area (Å²) in [7, 11) is -6.92. The fourth-order valence-corrected chi connectivity index (χ4v) is 9.01. The van der Waals surface area contributed by atoms with E-state index < -0.39 is 32.9 Å². The van der Waals surface area contributed by atoms with Crippen LogP contribution < -0.4 is 10.0 Å². The van der Waals surface area contributed by atoms with Gasteiger partial charge in [0.05, 0.1) is 16.0 Å². The van der Waals surface area contributed by atoms with E-state index in [1.165, 1.54) is 27.6 Å². The van der Waals surface area contributed by atoms with Gasteiger partial charge in [-0.05, 0) is 85.8 Å². The van der Waals surface area contributed by atoms with Gasteiger partial charge in [-0.2, -0.15) is 4.31 Å². The Morgan fingerprint density at radius 3 is 2.37 bits per heavy atom. The van der Waals surface area contributed by atoms with E-state index in [9.17, 15) is 21.6 Å². The number of sulfonamides is 1. The van der Waals surface area contributed by atoms with Gasteiger partial charge in [-0.25, -0.2) is 16.8 Å². The number of thiophene rings is 1. The summed E-state index contributed by atoms with van der Waals surface area (Å²) >= 11 is 6.93. The number of rotatable bonds is 7. The second-order valence-corrected chi connectivity index (χ2v) is 13.6. The molecular formula is C23H26ClN3O5S3. The van der Waals surface area contributed by atoms with E-state index in [-0.39, 0.29) is 16.3 Å². The van der Waals surface area contributed by atoms with Crippen LogP contribution in [0, 0.1) is 0 Å². The highest BCUT2D eigenvalue weighted by molar-refractivity contribution is 7.91. The lowest BCUT2D eigenvalue weighted by molar-refractivity contribution is -0.113. The van der Waals surface area contributed by atoms with Crippen molar-refractivity contribution in [1.82, 2.24) is 9.03 Å². The molecular weight excluding hydrogens is 530 g/mol. The first kappa shape index (κ1) is 24.8. The van der Waals surface area contributed by atoms with Crippen LogP contribution in [0.3, 0.4) is 0 Å². The Balaban J connectivity index is 1.50. The standard InChI is InChI=1S/C23H26ClN3O5S3/c24-20-9-10-21(33-20)35(31,32)27-11-3-8-19(27)18(13-25-34(29)30)23(28)26-22-16-6-1-4-14(16)12-15-5-2-7-17(15)22/h9-10,12-13,19,34H,1-8,11H2,(H,26,28)(H,25,29,30). The lowest BCUT2D eigenvalue weighted by Crippen LogP contribution is -2.40. The quantitative estimate of drug-likeness (QED) is 0.359. The molecule has 0 radical (unpaired) electrons. The van der Waals surface area contributed by atoms with Gasteiger partial charge in [0.1, 0.15) is 4.21 Å². The van der Waals surface area contributed by atoms with Gasteiger partial charge in [0.15, 0.2) is 0 Å². The van der Waals surface area contributed by atoms with Gasteiger partial charge < -0.3 is 5.32 Å². The summed E-state index contributed by atoms with van der Waals surface area (Å²) in [6.45, 7) is 0.229. The SMILES string of the molecule is O=C(Nc1c2c(cc3c1CCC3)CCC2)C(=CN[SH](=O)=O)C1CCCN1S(=O)(=O)c1ccc(Cl)s1. The molecule has 2 aliphatic carbocycles. The molecule has 2 heterocycles. The maximum absolute atomic E-state index is 13.7. The van der Waals surface area contributed by atoms with Gasteiger partial charge in [0.2, 0.25) is 10.9 Å². The van der Waals surface area contributed by atoms with Crippen molar-refractivity contribution in [3.63, 3.8) is 0 Å². The van der Waals surface area contributed by atoms with E-state index in [0.29, 0.717) is 17.2 Å². The van der Waals surface area contributed by atoms with Gasteiger partial charge in [-0.15, -0.1) is 11.3 Å². The number of nitrogens with zero attached hydrogens (tertiary/aromatic N) is 1. The third kappa shape index (κ3) is 4.76. The van der Waals surface area contributed by atoms with Crippen molar-refractivity contribution in [1.29, 1.82) is 0 Å². The van der Waals surface area contributed by atoms with Crippen molar-refractivity contribution in [2.24, 2.45) is 0 Å². The Bertz CT molecular complexity index is 1360. The van der Waals surface area contributed by atoms with E-state index >= 15 is 0 Å². The molecule has 1 aliphatic heterocycles. The number of carbonyl (C=O) groups is 1. The smallest absolute Gasteiger partial charge is 0.254 e. The van der Waals surface area contributed by atoms with Crippen LogP contribution in [-0.2, 0) is 51.4 Å². The third-order valence-electron chi connectivity index (χ3n) is 6.97. The highest BCUT2D eigenvalue weighted by Gasteiger charge is 2.40. The molecule has 1 fully saturated rings. The molecule has 188 valence electrons. The van der Waals surface area contributed by atoms with Crippen LogP contribution in [0.5, 0.6) is 0 Å². The minimum atomic E-state index is -3.91. The van der Waals surface area contributed by atoms with Crippen LogP contribution in [-0.4, -0.2) is 39.6 Å². The highest BCUT2D eigenvalue weighted by Crippen LogP contribution is 2.40. The van der Waals surface area contributed by atoms with Gasteiger partial charge in [0.25, 0.3) is 15.9 Å². The van der Waals surface area contributed by atoms with Crippen LogP contribution in [0.15, 0.2) is 34.2 Å². The van der Waals surface area contributed by atoms with Crippen LogP contribution in [0.1, 0.15) is 47.9 Å². The molecule has 12 heteroatoms. The summed E-state index contributed by atoms with van der Waals surface area (Å²) in [6.07, 6.45) is 7.85. The fraction of sp³-hybridized carbons (Fsp3) is 0.435. The maximum atomic E-state index is 13.7. The number of nitrogens with one attached hydrogen (secondary N) is 2. The number of hydrogen-bond acceptors (Lipinski definition) is 6. The minimum absolute atomic E-state index is 0.0790. The molecule has 1 atom stereocenters. The molecule has 5 rings (SSSR count). The van der Waals surface area contributed by atoms with Crippen LogP contribution >= 0.6 is 22.9 Å². The first-order chi connectivity index (χ1) is 16.8. The zero-order valence-corrected chi connectivity index (χ0v) is 22.2. The van der Waals surface area contributed by atoms with Crippen molar-refractivity contribution in [3.05, 3.63) is 56.6 Å². The molecule has 1 unspecified atom stereocenters. The summed E-state index contributed by atoms with van der Waals surface area (Å²) < 4.78 is 53.3. The van der Waals surface area contributed by atoms with Crippen molar-refractivity contribution >= 4 is 55.4 Å². The number of halogens is 1. The number of amides is 1. The van der Waals surface area contributed by atoms with E-state index in [2.05, 4.69) is 16.1 Å². The summed E-state index contributed by atoms with van der Waals surface area (Å²) in [5.74, 6) is -0.486. The number of benzene rings is 1. The Hall–Kier alpha value is -1.92. The fourth-order valence-electron chi connectivity index (χ4n) is 5.48. The van der Waals surface area contributed by atoms with Crippen LogP contribution in [0.4, 0.5) is 5.69 Å². The van der Waals surface area contributed by atoms with E-state index in [1.807, 2.05) is 0 Å². The molecule has 2 N–H and O–H groups in total. The summed E-state index contributed by atoms with van der Waals surface area (Å²) in [5.41, 5.74) is 5.71. The molecule has 1 amide bonds. The average Bonchev–Trinajstić information content (AvgIpc) is 3.60. The lowest BCUT2D eigenvalue weighted by atomic mass is 9.98. The molecule has 35 heavy (non-hydrogen) atoms. The molecule has 0 saturated carbocycles. The molecule has 3 aliphatic rings. The number of fused-ring (bicyclic) bond motifs is 2. The predicted octanol–water partition coefficient (Wildman–Crippen LogP) is 3.17. The molecule has 1 saturated heterocycles. The molecule has 2 aromatic rings. The second kappa shape index (κ2) is 9.85. The predicted molar refractivity (Wildman–Crippen MR) is 137 cm³/mol. The normalized spacial score (nSPS) is 20.3. The molecule has 0 bridgehead atoms. The number of carbonyl (C=O) groups excluding carboxylic acids is 1. The topological polar surface area (TPSA) is 113 Å². The highest BCUT2D eigenvalue weighted by atomic mass is 35.5. The van der Waals surface area contributed by atoms with Gasteiger partial charge in [-0.1, -0.05) is 17.7 Å². The Kier molecular flexibility index (Phi) is 6.97. The van der Waals surface area contributed by atoms with E-state index in [4.69, 9.17) is 11.6 Å². The van der Waals surface area contributed by atoms with Gasteiger partial charge in [0, 0.05) is 18.4 Å². The number of hydrogen-bond donors (Lipinski definition) is 3. The molecule has 8 nitrogen and oxygen atoms in total. The summed E-state index contributed by atoms with van der Waals surface area (Å²) in [5, 5.41) is 3.08. The Morgan fingerprint density at radius 1 is 1.09 bits per heavy atom. The van der Waals surface area contributed by atoms with Crippen molar-refractivity contribution in [2.45, 2.75) is 61.6 Å². The van der Waals surface area contributed by atoms with E-state index in [0.717, 1.165) is 72.9 Å². The van der Waals surface area contributed by atoms with Crippen molar-refractivity contribution < 1.29 is 21.6 Å². The first-order valence-corrected chi connectivity index (χ1v) is 15.4. The second-order valence-electron chi connectivity index (χ2n) is 9.01. The molecule has 0 spiro atoms. The largest absolute Gasteiger partial charge is 0.322 e. The number of anilines is 1. The zero-order valence-electron chi connectivity index (χ0n) is 18.9. The lowest BCUT2D eigenvalue weighted by Gasteiger charge is -2.26. The van der Waals surface area contributed by atoms with Crippen LogP contribution in [0.2, 0.25) is 4.34 Å². The van der Waals surface area contributed by atoms with Crippen molar-refractivity contribution in [2.75, 3.05) is 11.9 Å². The number of aryl methyl sites for hydroxylation is 2. The summed E-state index contributed by atoms with van der Waals surface area (Å²) in [6, 6.07) is 4.43. The minimum Gasteiger partial charge on any atom is -0.322 e. The van der Waals surface area contributed by atoms with E-state index in [1.54, 1.807) is 0 Å². The third-order valence-corrected chi connectivity index (χ3v) is 10.9. The molecule has 1 aromatic heterocycles. The van der Waals surface area contributed by atoms with Gasteiger partial charge >= 0.3 is 0 Å². The monoisotopic (exact) mass is 555 g/mol. The summed E-state index contributed by atoms with van der Waals surface area (Å²) in [4.78, 5) is 13.7. The zero-order chi connectivity index (χ0) is 24.7. The average molecular weight is 556 g/mol. The first-order valence-electron chi connectivity index (χ1n) is 11.6. The van der Waals surface area contributed by atoms with Gasteiger partial charge in [-0.3, -0.25) is 9.52 Å².